The van der Waals surface area contributed by atoms with Crippen LogP contribution >= 0.6 is 0 Å². The van der Waals surface area contributed by atoms with Crippen LogP contribution in [0, 0.1) is 0 Å². The maximum Gasteiger partial charge on any atom is 0.194 e. The summed E-state index contributed by atoms with van der Waals surface area (Å²) in [5.41, 5.74) is 6.02. The number of hydrogen-bond donors (Lipinski definition) is 1. The third-order valence-electron chi connectivity index (χ3n) is 5.35. The zero-order valence-corrected chi connectivity index (χ0v) is 13.3. The molecule has 5 aromatic rings. The monoisotopic (exact) mass is 319 g/mol. The van der Waals surface area contributed by atoms with Crippen molar-refractivity contribution in [2.75, 3.05) is 0 Å². The van der Waals surface area contributed by atoms with Gasteiger partial charge in [-0.25, -0.2) is 0 Å². The van der Waals surface area contributed by atoms with Crippen LogP contribution in [0.25, 0.3) is 43.7 Å². The third-order valence-corrected chi connectivity index (χ3v) is 5.35. The van der Waals surface area contributed by atoms with E-state index in [1.807, 2.05) is 30.3 Å². The average Bonchev–Trinajstić information content (AvgIpc) is 3.18. The number of para-hydroxylation sites is 1. The van der Waals surface area contributed by atoms with Crippen LogP contribution < -0.4 is 0 Å². The van der Waals surface area contributed by atoms with Gasteiger partial charge in [-0.05, 0) is 34.5 Å². The minimum Gasteiger partial charge on any atom is -0.354 e. The number of ketones is 1. The number of H-pyrrole nitrogens is 1. The molecule has 2 heteroatoms. The predicted octanol–water partition coefficient (Wildman–Crippen LogP) is 5.69. The Hall–Kier alpha value is -3.39. The molecular weight excluding hydrogens is 306 g/mol. The van der Waals surface area contributed by atoms with Gasteiger partial charge in [-0.2, -0.15) is 0 Å². The first-order valence-corrected chi connectivity index (χ1v) is 8.43. The van der Waals surface area contributed by atoms with Crippen molar-refractivity contribution in [2.24, 2.45) is 0 Å². The number of fused-ring (bicyclic) bond motifs is 9. The van der Waals surface area contributed by atoms with Gasteiger partial charge in [-0.1, -0.05) is 54.6 Å². The van der Waals surface area contributed by atoms with E-state index in [4.69, 9.17) is 0 Å². The topological polar surface area (TPSA) is 32.9 Å². The van der Waals surface area contributed by atoms with Crippen molar-refractivity contribution in [3.8, 4) is 11.1 Å². The number of aromatic amines is 1. The minimum atomic E-state index is 0.131. The van der Waals surface area contributed by atoms with Crippen LogP contribution in [0.4, 0.5) is 0 Å². The van der Waals surface area contributed by atoms with E-state index in [1.54, 1.807) is 0 Å². The van der Waals surface area contributed by atoms with Crippen molar-refractivity contribution in [1.82, 2.24) is 4.98 Å². The summed E-state index contributed by atoms with van der Waals surface area (Å²) in [6, 6.07) is 24.6. The molecule has 0 amide bonds. The minimum absolute atomic E-state index is 0.131. The predicted molar refractivity (Wildman–Crippen MR) is 102 cm³/mol. The highest BCUT2D eigenvalue weighted by Gasteiger charge is 2.28. The molecule has 0 aliphatic heterocycles. The third kappa shape index (κ3) is 1.52. The Morgan fingerprint density at radius 3 is 2.24 bits per heavy atom. The Morgan fingerprint density at radius 2 is 1.32 bits per heavy atom. The van der Waals surface area contributed by atoms with Crippen molar-refractivity contribution in [2.45, 2.75) is 0 Å². The molecule has 2 nitrogen and oxygen atoms in total. The van der Waals surface area contributed by atoms with Gasteiger partial charge in [0.2, 0.25) is 0 Å². The fourth-order valence-corrected chi connectivity index (χ4v) is 4.28. The summed E-state index contributed by atoms with van der Waals surface area (Å²) in [5, 5.41) is 4.79. The summed E-state index contributed by atoms with van der Waals surface area (Å²) in [6.45, 7) is 0. The van der Waals surface area contributed by atoms with E-state index in [-0.39, 0.29) is 5.78 Å². The van der Waals surface area contributed by atoms with Crippen LogP contribution in [0.15, 0.2) is 72.8 Å². The van der Waals surface area contributed by atoms with Gasteiger partial charge in [0.25, 0.3) is 0 Å². The van der Waals surface area contributed by atoms with E-state index in [2.05, 4.69) is 47.4 Å². The first-order chi connectivity index (χ1) is 12.3. The summed E-state index contributed by atoms with van der Waals surface area (Å²) in [5.74, 6) is 0.131. The highest BCUT2D eigenvalue weighted by atomic mass is 16.1. The maximum atomic E-state index is 12.8. The molecule has 1 heterocycles. The molecule has 0 radical (unpaired) electrons. The van der Waals surface area contributed by atoms with Crippen LogP contribution in [0.5, 0.6) is 0 Å². The molecular formula is C23H13NO. The molecule has 0 atom stereocenters. The fourth-order valence-electron chi connectivity index (χ4n) is 4.28. The van der Waals surface area contributed by atoms with Crippen LogP contribution in [0.2, 0.25) is 0 Å². The number of nitrogens with one attached hydrogen (secondary N) is 1. The quantitative estimate of drug-likeness (QED) is 0.383. The van der Waals surface area contributed by atoms with Gasteiger partial charge >= 0.3 is 0 Å². The Balaban J connectivity index is 1.85. The SMILES string of the molecule is O=C1c2ccccc2-c2c1ccc1c2ccc2[nH]c3ccccc3c21. The van der Waals surface area contributed by atoms with Crippen LogP contribution in [0.1, 0.15) is 15.9 Å². The summed E-state index contributed by atoms with van der Waals surface area (Å²) in [7, 11) is 0. The van der Waals surface area contributed by atoms with E-state index in [0.717, 1.165) is 38.7 Å². The lowest BCUT2D eigenvalue weighted by Crippen LogP contribution is -1.94. The molecule has 0 spiro atoms. The van der Waals surface area contributed by atoms with E-state index in [1.165, 1.54) is 16.2 Å². The van der Waals surface area contributed by atoms with E-state index >= 15 is 0 Å². The second kappa shape index (κ2) is 4.37. The number of hydrogen-bond acceptors (Lipinski definition) is 1. The first kappa shape index (κ1) is 13.0. The number of aromatic nitrogens is 1. The van der Waals surface area contributed by atoms with Crippen LogP contribution in [-0.2, 0) is 0 Å². The lowest BCUT2D eigenvalue weighted by Gasteiger charge is -2.07. The number of rotatable bonds is 0. The van der Waals surface area contributed by atoms with Crippen molar-refractivity contribution in [1.29, 1.82) is 0 Å². The highest BCUT2D eigenvalue weighted by molar-refractivity contribution is 6.29. The number of carbonyl (C=O) groups is 1. The van der Waals surface area contributed by atoms with E-state index in [0.29, 0.717) is 0 Å². The molecule has 0 saturated carbocycles. The van der Waals surface area contributed by atoms with Gasteiger partial charge < -0.3 is 4.98 Å². The van der Waals surface area contributed by atoms with Crippen LogP contribution in [0.3, 0.4) is 0 Å². The summed E-state index contributed by atoms with van der Waals surface area (Å²) in [4.78, 5) is 16.3. The standard InChI is InChI=1S/C23H13NO/c25-23-16-6-2-1-5-13(16)21-14-11-12-20-22(15(14)9-10-18(21)23)17-7-3-4-8-19(17)24-20/h1-12,24H. The molecule has 1 N–H and O–H groups in total. The lowest BCUT2D eigenvalue weighted by atomic mass is 9.95. The van der Waals surface area contributed by atoms with Gasteiger partial charge in [0.15, 0.2) is 5.78 Å². The molecule has 116 valence electrons. The zero-order chi connectivity index (χ0) is 16.5. The zero-order valence-electron chi connectivity index (χ0n) is 13.3. The molecule has 6 rings (SSSR count). The van der Waals surface area contributed by atoms with Gasteiger partial charge in [0, 0.05) is 38.5 Å². The Morgan fingerprint density at radius 1 is 0.560 bits per heavy atom. The van der Waals surface area contributed by atoms with Crippen molar-refractivity contribution in [3.05, 3.63) is 83.9 Å². The Kier molecular flexibility index (Phi) is 2.26. The summed E-state index contributed by atoms with van der Waals surface area (Å²) in [6.07, 6.45) is 0. The first-order valence-electron chi connectivity index (χ1n) is 8.43. The molecule has 0 fully saturated rings. The fraction of sp³-hybridized carbons (Fsp3) is 0. The summed E-state index contributed by atoms with van der Waals surface area (Å²) < 4.78 is 0. The lowest BCUT2D eigenvalue weighted by molar-refractivity contribution is 0.104. The molecule has 1 aromatic heterocycles. The van der Waals surface area contributed by atoms with E-state index < -0.39 is 0 Å². The van der Waals surface area contributed by atoms with E-state index in [9.17, 15) is 4.79 Å². The van der Waals surface area contributed by atoms with Gasteiger partial charge in [0.1, 0.15) is 0 Å². The van der Waals surface area contributed by atoms with Crippen LogP contribution in [-0.4, -0.2) is 10.8 Å². The van der Waals surface area contributed by atoms with Crippen molar-refractivity contribution < 1.29 is 4.79 Å². The second-order valence-corrected chi connectivity index (χ2v) is 6.62. The van der Waals surface area contributed by atoms with Gasteiger partial charge in [0.05, 0.1) is 0 Å². The molecule has 4 aromatic carbocycles. The molecule has 0 saturated heterocycles. The van der Waals surface area contributed by atoms with Crippen molar-refractivity contribution in [3.63, 3.8) is 0 Å². The molecule has 25 heavy (non-hydrogen) atoms. The average molecular weight is 319 g/mol. The summed E-state index contributed by atoms with van der Waals surface area (Å²) >= 11 is 0. The van der Waals surface area contributed by atoms with Gasteiger partial charge in [-0.15, -0.1) is 0 Å². The largest absolute Gasteiger partial charge is 0.354 e. The Bertz CT molecular complexity index is 1360. The van der Waals surface area contributed by atoms with Gasteiger partial charge in [-0.3, -0.25) is 4.79 Å². The van der Waals surface area contributed by atoms with Crippen molar-refractivity contribution >= 4 is 38.4 Å². The number of carbonyl (C=O) groups excluding carboxylic acids is 1. The maximum absolute atomic E-state index is 12.8. The smallest absolute Gasteiger partial charge is 0.194 e. The molecule has 0 unspecified atom stereocenters. The molecule has 1 aliphatic carbocycles. The Labute approximate surface area is 143 Å². The second-order valence-electron chi connectivity index (χ2n) is 6.62. The number of benzene rings is 4. The normalized spacial score (nSPS) is 12.9. The molecule has 1 aliphatic rings. The molecule has 0 bridgehead atoms. The highest BCUT2D eigenvalue weighted by Crippen LogP contribution is 2.43.